The molecule has 1 heterocycles. The van der Waals surface area contributed by atoms with Crippen molar-refractivity contribution in [2.45, 2.75) is 64.7 Å². The topological polar surface area (TPSA) is 47.6 Å². The molecule has 1 aromatic rings. The van der Waals surface area contributed by atoms with Gasteiger partial charge < -0.3 is 14.6 Å². The van der Waals surface area contributed by atoms with Gasteiger partial charge in [0.2, 0.25) is 0 Å². The standard InChI is InChI=1S/C17H23BFNO3/c1-10-8-14(19)12(15(21)20-11-6-7-11)9-13(10)18-22-16(2,3)17(4,5)23-18/h8-9,11H,6-7H2,1-5H3,(H,20,21). The fourth-order valence-electron chi connectivity index (χ4n) is 2.58. The number of rotatable bonds is 3. The SMILES string of the molecule is Cc1cc(F)c(C(=O)NC2CC2)cc1B1OC(C)(C)C(C)(C)O1. The summed E-state index contributed by atoms with van der Waals surface area (Å²) >= 11 is 0. The molecule has 0 aromatic heterocycles. The van der Waals surface area contributed by atoms with E-state index in [-0.39, 0.29) is 17.5 Å². The van der Waals surface area contributed by atoms with E-state index in [1.807, 2.05) is 27.7 Å². The lowest BCUT2D eigenvalue weighted by Crippen LogP contribution is -2.41. The Hall–Kier alpha value is -1.40. The average molecular weight is 319 g/mol. The van der Waals surface area contributed by atoms with E-state index in [0.29, 0.717) is 11.0 Å². The molecule has 23 heavy (non-hydrogen) atoms. The maximum Gasteiger partial charge on any atom is 0.495 e. The molecular weight excluding hydrogens is 296 g/mol. The van der Waals surface area contributed by atoms with Gasteiger partial charge in [-0.25, -0.2) is 4.39 Å². The van der Waals surface area contributed by atoms with Crippen LogP contribution in [0.3, 0.4) is 0 Å². The van der Waals surface area contributed by atoms with E-state index in [4.69, 9.17) is 9.31 Å². The molecule has 4 nitrogen and oxygen atoms in total. The van der Waals surface area contributed by atoms with Crippen LogP contribution in [-0.4, -0.2) is 30.3 Å². The summed E-state index contributed by atoms with van der Waals surface area (Å²) < 4.78 is 26.2. The summed E-state index contributed by atoms with van der Waals surface area (Å²) in [4.78, 5) is 12.2. The molecule has 1 N–H and O–H groups in total. The molecule has 1 saturated heterocycles. The first-order valence-corrected chi connectivity index (χ1v) is 8.07. The molecule has 6 heteroatoms. The smallest absolute Gasteiger partial charge is 0.399 e. The minimum absolute atomic E-state index is 0.0483. The molecule has 1 amide bonds. The zero-order valence-electron chi connectivity index (χ0n) is 14.3. The molecule has 0 radical (unpaired) electrons. The number of amides is 1. The molecule has 124 valence electrons. The summed E-state index contributed by atoms with van der Waals surface area (Å²) in [5, 5.41) is 2.82. The maximum atomic E-state index is 14.2. The zero-order chi connectivity index (χ0) is 17.0. The second kappa shape index (κ2) is 5.31. The van der Waals surface area contributed by atoms with Crippen LogP contribution in [0.1, 0.15) is 56.5 Å². The predicted octanol–water partition coefficient (Wildman–Crippen LogP) is 2.33. The monoisotopic (exact) mass is 319 g/mol. The molecule has 3 rings (SSSR count). The molecule has 2 aliphatic rings. The highest BCUT2D eigenvalue weighted by Gasteiger charge is 2.52. The number of carbonyl (C=O) groups excluding carboxylic acids is 1. The summed E-state index contributed by atoms with van der Waals surface area (Å²) in [6, 6.07) is 3.12. The van der Waals surface area contributed by atoms with E-state index in [1.165, 1.54) is 6.07 Å². The molecule has 0 spiro atoms. The van der Waals surface area contributed by atoms with Gasteiger partial charge in [-0.2, -0.15) is 0 Å². The van der Waals surface area contributed by atoms with Crippen LogP contribution < -0.4 is 10.8 Å². The van der Waals surface area contributed by atoms with Crippen LogP contribution in [0.5, 0.6) is 0 Å². The van der Waals surface area contributed by atoms with Crippen LogP contribution in [0.4, 0.5) is 4.39 Å². The first-order chi connectivity index (χ1) is 10.6. The van der Waals surface area contributed by atoms with E-state index in [9.17, 15) is 9.18 Å². The van der Waals surface area contributed by atoms with Crippen molar-refractivity contribution in [3.8, 4) is 0 Å². The van der Waals surface area contributed by atoms with E-state index < -0.39 is 24.1 Å². The lowest BCUT2D eigenvalue weighted by Gasteiger charge is -2.32. The Morgan fingerprint density at radius 2 is 1.78 bits per heavy atom. The van der Waals surface area contributed by atoms with Crippen molar-refractivity contribution in [2.75, 3.05) is 0 Å². The van der Waals surface area contributed by atoms with Crippen molar-refractivity contribution in [3.63, 3.8) is 0 Å². The lowest BCUT2D eigenvalue weighted by molar-refractivity contribution is 0.00578. The molecule has 0 atom stereocenters. The minimum Gasteiger partial charge on any atom is -0.399 e. The molecular formula is C17H23BFNO3. The number of hydrogen-bond acceptors (Lipinski definition) is 3. The Labute approximate surface area is 136 Å². The molecule has 0 bridgehead atoms. The third-order valence-corrected chi connectivity index (χ3v) is 5.02. The molecule has 2 fully saturated rings. The van der Waals surface area contributed by atoms with Crippen molar-refractivity contribution in [1.82, 2.24) is 5.32 Å². The van der Waals surface area contributed by atoms with Crippen molar-refractivity contribution < 1.29 is 18.5 Å². The largest absolute Gasteiger partial charge is 0.495 e. The van der Waals surface area contributed by atoms with E-state index >= 15 is 0 Å². The predicted molar refractivity (Wildman–Crippen MR) is 87.3 cm³/mol. The number of nitrogens with one attached hydrogen (secondary N) is 1. The van der Waals surface area contributed by atoms with Crippen LogP contribution >= 0.6 is 0 Å². The van der Waals surface area contributed by atoms with Crippen molar-refractivity contribution in [2.24, 2.45) is 0 Å². The number of halogens is 1. The quantitative estimate of drug-likeness (QED) is 0.870. The number of hydrogen-bond donors (Lipinski definition) is 1. The maximum absolute atomic E-state index is 14.2. The molecule has 1 aliphatic carbocycles. The van der Waals surface area contributed by atoms with Gasteiger partial charge in [-0.15, -0.1) is 0 Å². The number of benzene rings is 1. The van der Waals surface area contributed by atoms with E-state index in [2.05, 4.69) is 5.32 Å². The summed E-state index contributed by atoms with van der Waals surface area (Å²) in [6.07, 6.45) is 1.92. The Morgan fingerprint density at radius 3 is 2.30 bits per heavy atom. The van der Waals surface area contributed by atoms with Gasteiger partial charge in [-0.05, 0) is 70.6 Å². The van der Waals surface area contributed by atoms with E-state index in [1.54, 1.807) is 13.0 Å². The highest BCUT2D eigenvalue weighted by atomic mass is 19.1. The Bertz CT molecular complexity index is 639. The van der Waals surface area contributed by atoms with Gasteiger partial charge in [0.1, 0.15) is 5.82 Å². The van der Waals surface area contributed by atoms with Gasteiger partial charge in [-0.3, -0.25) is 4.79 Å². The van der Waals surface area contributed by atoms with Gasteiger partial charge >= 0.3 is 7.12 Å². The minimum atomic E-state index is -0.604. The van der Waals surface area contributed by atoms with Crippen LogP contribution in [0.15, 0.2) is 12.1 Å². The molecule has 1 aliphatic heterocycles. The van der Waals surface area contributed by atoms with Gasteiger partial charge in [0.05, 0.1) is 16.8 Å². The van der Waals surface area contributed by atoms with Crippen LogP contribution in [0.25, 0.3) is 0 Å². The van der Waals surface area contributed by atoms with Gasteiger partial charge in [-0.1, -0.05) is 0 Å². The fraction of sp³-hybridized carbons (Fsp3) is 0.588. The van der Waals surface area contributed by atoms with Crippen molar-refractivity contribution in [1.29, 1.82) is 0 Å². The summed E-state index contributed by atoms with van der Waals surface area (Å²) in [6.45, 7) is 9.66. The Balaban J connectivity index is 1.92. The molecule has 1 aromatic carbocycles. The first-order valence-electron chi connectivity index (χ1n) is 8.07. The zero-order valence-corrected chi connectivity index (χ0v) is 14.3. The Morgan fingerprint density at radius 1 is 1.22 bits per heavy atom. The lowest BCUT2D eigenvalue weighted by atomic mass is 9.75. The second-order valence-corrected chi connectivity index (χ2v) is 7.52. The molecule has 1 saturated carbocycles. The summed E-state index contributed by atoms with van der Waals surface area (Å²) in [5.41, 5.74) is 0.506. The van der Waals surface area contributed by atoms with Crippen LogP contribution in [0, 0.1) is 12.7 Å². The van der Waals surface area contributed by atoms with E-state index in [0.717, 1.165) is 12.8 Å². The number of aryl methyl sites for hydroxylation is 1. The first kappa shape index (κ1) is 16.5. The Kier molecular flexibility index (Phi) is 3.80. The highest BCUT2D eigenvalue weighted by Crippen LogP contribution is 2.36. The van der Waals surface area contributed by atoms with Crippen molar-refractivity contribution in [3.05, 3.63) is 29.1 Å². The third kappa shape index (κ3) is 3.02. The van der Waals surface area contributed by atoms with Crippen LogP contribution in [0.2, 0.25) is 0 Å². The van der Waals surface area contributed by atoms with Crippen molar-refractivity contribution >= 4 is 18.5 Å². The summed E-state index contributed by atoms with van der Waals surface area (Å²) in [5.74, 6) is -0.885. The normalized spacial score (nSPS) is 22.3. The van der Waals surface area contributed by atoms with Gasteiger partial charge in [0, 0.05) is 6.04 Å². The summed E-state index contributed by atoms with van der Waals surface area (Å²) in [7, 11) is -0.604. The van der Waals surface area contributed by atoms with Gasteiger partial charge in [0.25, 0.3) is 5.91 Å². The second-order valence-electron chi connectivity index (χ2n) is 7.52. The fourth-order valence-corrected chi connectivity index (χ4v) is 2.58. The van der Waals surface area contributed by atoms with Crippen LogP contribution in [-0.2, 0) is 9.31 Å². The van der Waals surface area contributed by atoms with Gasteiger partial charge in [0.15, 0.2) is 0 Å². The highest BCUT2D eigenvalue weighted by molar-refractivity contribution is 6.62. The number of carbonyl (C=O) groups is 1. The molecule has 0 unspecified atom stereocenters. The average Bonchev–Trinajstić information content (AvgIpc) is 3.17. The third-order valence-electron chi connectivity index (χ3n) is 5.02.